The smallest absolute Gasteiger partial charge is 0.259 e. The van der Waals surface area contributed by atoms with E-state index in [0.717, 1.165) is 44.0 Å². The normalized spacial score (nSPS) is 21.1. The minimum Gasteiger partial charge on any atom is -0.465 e. The lowest BCUT2D eigenvalue weighted by molar-refractivity contribution is -0.0455. The van der Waals surface area contributed by atoms with Crippen LogP contribution in [0.3, 0.4) is 0 Å². The standard InChI is InChI=1S/C37H26N8O3S/c1-3-8-24-22(6-1)20-28(44-24)36(35-42-17-19-49-35)31(33-39-14-15-40-33)30(25-11-13-43-45-25)32(26-9-5-12-38-26)48-37(36,34-41-16-18-46-34)29-21-23-7-2-4-10-27(23)47-29/h1-21,31,38,44H,(H,39,40)(H,43,45). The number of aromatic nitrogens is 8. The van der Waals surface area contributed by atoms with Gasteiger partial charge in [0, 0.05) is 58.5 Å². The number of hydrogen-bond donors (Lipinski definition) is 4. The number of nitrogens with zero attached hydrogens (tertiary/aromatic N) is 4. The van der Waals surface area contributed by atoms with Crippen LogP contribution in [-0.2, 0) is 15.8 Å². The molecule has 2 aromatic carbocycles. The highest BCUT2D eigenvalue weighted by Gasteiger charge is 2.73. The number of fused-ring (bicyclic) bond motifs is 2. The lowest BCUT2D eigenvalue weighted by atomic mass is 9.56. The van der Waals surface area contributed by atoms with Crippen molar-refractivity contribution >= 4 is 44.5 Å². The Morgan fingerprint density at radius 3 is 2.43 bits per heavy atom. The second-order valence-corrected chi connectivity index (χ2v) is 12.8. The van der Waals surface area contributed by atoms with Crippen LogP contribution in [0.2, 0.25) is 0 Å². The predicted molar refractivity (Wildman–Crippen MR) is 183 cm³/mol. The summed E-state index contributed by atoms with van der Waals surface area (Å²) < 4.78 is 21.0. The molecular formula is C37H26N8O3S. The first-order valence-electron chi connectivity index (χ1n) is 15.7. The van der Waals surface area contributed by atoms with Crippen LogP contribution in [0.25, 0.3) is 33.2 Å². The van der Waals surface area contributed by atoms with Gasteiger partial charge in [-0.1, -0.05) is 36.4 Å². The first kappa shape index (κ1) is 27.7. The van der Waals surface area contributed by atoms with Crippen molar-refractivity contribution in [3.05, 3.63) is 167 Å². The number of hydrogen-bond acceptors (Lipinski definition) is 8. The second-order valence-electron chi connectivity index (χ2n) is 11.9. The Balaban J connectivity index is 1.47. The van der Waals surface area contributed by atoms with Gasteiger partial charge in [-0.2, -0.15) is 5.10 Å². The van der Waals surface area contributed by atoms with Crippen molar-refractivity contribution in [3.63, 3.8) is 0 Å². The summed E-state index contributed by atoms with van der Waals surface area (Å²) in [7, 11) is 0. The summed E-state index contributed by atoms with van der Waals surface area (Å²) in [5.41, 5.74) is 1.79. The van der Waals surface area contributed by atoms with Crippen molar-refractivity contribution in [1.29, 1.82) is 0 Å². The van der Waals surface area contributed by atoms with Gasteiger partial charge in [0.1, 0.15) is 28.1 Å². The minimum absolute atomic E-state index is 0.282. The number of nitrogens with one attached hydrogen (secondary N) is 4. The zero-order valence-electron chi connectivity index (χ0n) is 25.6. The highest BCUT2D eigenvalue weighted by Crippen LogP contribution is 2.67. The average molecular weight is 663 g/mol. The molecule has 1 aliphatic heterocycles. The first-order chi connectivity index (χ1) is 24.3. The quantitative estimate of drug-likeness (QED) is 0.136. The summed E-state index contributed by atoms with van der Waals surface area (Å²) in [6.07, 6.45) is 12.2. The van der Waals surface area contributed by atoms with Gasteiger partial charge in [0.15, 0.2) is 11.5 Å². The molecular weight excluding hydrogens is 637 g/mol. The zero-order valence-corrected chi connectivity index (χ0v) is 26.4. The molecule has 0 radical (unpaired) electrons. The minimum atomic E-state index is -1.62. The van der Waals surface area contributed by atoms with E-state index < -0.39 is 16.9 Å². The van der Waals surface area contributed by atoms with Crippen LogP contribution >= 0.6 is 11.3 Å². The number of aromatic amines is 4. The van der Waals surface area contributed by atoms with Crippen LogP contribution in [0.15, 0.2) is 137 Å². The zero-order chi connectivity index (χ0) is 32.4. The molecule has 0 spiro atoms. The number of allylic oxidation sites excluding steroid dienone is 1. The van der Waals surface area contributed by atoms with Gasteiger partial charge in [-0.15, -0.1) is 11.3 Å². The molecule has 49 heavy (non-hydrogen) atoms. The van der Waals surface area contributed by atoms with Gasteiger partial charge >= 0.3 is 0 Å². The Bertz CT molecular complexity index is 2480. The maximum absolute atomic E-state index is 7.69. The molecule has 238 valence electrons. The number of imidazole rings is 1. The largest absolute Gasteiger partial charge is 0.465 e. The fourth-order valence-corrected chi connectivity index (χ4v) is 8.46. The van der Waals surface area contributed by atoms with Gasteiger partial charge in [-0.3, -0.25) is 5.10 Å². The molecule has 11 nitrogen and oxygen atoms in total. The van der Waals surface area contributed by atoms with Gasteiger partial charge in [-0.05, 0) is 47.9 Å². The van der Waals surface area contributed by atoms with Crippen LogP contribution in [0.4, 0.5) is 0 Å². The third-order valence-corrected chi connectivity index (χ3v) is 10.3. The van der Waals surface area contributed by atoms with Gasteiger partial charge < -0.3 is 28.5 Å². The fourth-order valence-electron chi connectivity index (χ4n) is 7.53. The summed E-state index contributed by atoms with van der Waals surface area (Å²) in [5.74, 6) is 1.34. The highest BCUT2D eigenvalue weighted by molar-refractivity contribution is 7.09. The van der Waals surface area contributed by atoms with Gasteiger partial charge in [-0.25, -0.2) is 15.0 Å². The SMILES string of the molecule is c1c[nH]c(C2=C(c3ccn[nH]3)C(c3ncc[nH]3)C(c3cc4ccccc4[nH]3)(c3nccs3)C(c3cc4ccccc4o3)(c3ncco3)O2)c1. The number of oxazole rings is 1. The van der Waals surface area contributed by atoms with E-state index in [9.17, 15) is 0 Å². The van der Waals surface area contributed by atoms with E-state index in [1.807, 2.05) is 84.6 Å². The van der Waals surface area contributed by atoms with Crippen molar-refractivity contribution in [3.8, 4) is 0 Å². The van der Waals surface area contributed by atoms with Gasteiger partial charge in [0.25, 0.3) is 5.60 Å². The molecule has 0 saturated carbocycles. The molecule has 10 rings (SSSR count). The fraction of sp³-hybridized carbons (Fsp3) is 0.0811. The van der Waals surface area contributed by atoms with E-state index in [0.29, 0.717) is 22.9 Å². The summed E-state index contributed by atoms with van der Waals surface area (Å²) in [6, 6.07) is 26.1. The van der Waals surface area contributed by atoms with E-state index in [4.69, 9.17) is 28.5 Å². The molecule has 8 heterocycles. The maximum atomic E-state index is 7.69. The molecule has 12 heteroatoms. The molecule has 0 amide bonds. The van der Waals surface area contributed by atoms with Crippen LogP contribution in [0.1, 0.15) is 45.5 Å². The second kappa shape index (κ2) is 10.6. The Hall–Kier alpha value is -6.40. The third kappa shape index (κ3) is 3.82. The number of para-hydroxylation sites is 2. The summed E-state index contributed by atoms with van der Waals surface area (Å²) in [6.45, 7) is 0. The third-order valence-electron chi connectivity index (χ3n) is 9.43. The number of benzene rings is 2. The Morgan fingerprint density at radius 1 is 0.776 bits per heavy atom. The summed E-state index contributed by atoms with van der Waals surface area (Å²) >= 11 is 1.51. The Kier molecular flexibility index (Phi) is 5.96. The Labute approximate surface area is 281 Å². The molecule has 9 aromatic rings. The van der Waals surface area contributed by atoms with E-state index in [-0.39, 0.29) is 5.89 Å². The Morgan fingerprint density at radius 2 is 1.69 bits per heavy atom. The number of thiazole rings is 1. The molecule has 0 fully saturated rings. The maximum Gasteiger partial charge on any atom is 0.259 e. The van der Waals surface area contributed by atoms with E-state index in [2.05, 4.69) is 43.3 Å². The van der Waals surface area contributed by atoms with Crippen molar-refractivity contribution in [1.82, 2.24) is 40.1 Å². The topological polar surface area (TPSA) is 150 Å². The van der Waals surface area contributed by atoms with Crippen molar-refractivity contribution in [2.75, 3.05) is 0 Å². The number of rotatable bonds is 7. The molecule has 4 N–H and O–H groups in total. The van der Waals surface area contributed by atoms with E-state index in [1.54, 1.807) is 24.9 Å². The lowest BCUT2D eigenvalue weighted by Gasteiger charge is -2.53. The molecule has 3 atom stereocenters. The molecule has 3 unspecified atom stereocenters. The van der Waals surface area contributed by atoms with E-state index in [1.165, 1.54) is 11.3 Å². The average Bonchev–Trinajstić information content (AvgIpc) is 4.00. The predicted octanol–water partition coefficient (Wildman–Crippen LogP) is 7.75. The molecule has 7 aromatic heterocycles. The van der Waals surface area contributed by atoms with Crippen LogP contribution in [0.5, 0.6) is 0 Å². The van der Waals surface area contributed by atoms with Crippen molar-refractivity contribution < 1.29 is 13.6 Å². The molecule has 1 aliphatic rings. The lowest BCUT2D eigenvalue weighted by Crippen LogP contribution is -2.59. The monoisotopic (exact) mass is 662 g/mol. The molecule has 0 saturated heterocycles. The number of furan rings is 1. The molecule has 0 aliphatic carbocycles. The van der Waals surface area contributed by atoms with Crippen LogP contribution in [0, 0.1) is 0 Å². The van der Waals surface area contributed by atoms with Crippen LogP contribution in [-0.4, -0.2) is 40.1 Å². The van der Waals surface area contributed by atoms with Gasteiger partial charge in [0.05, 0.1) is 23.5 Å². The van der Waals surface area contributed by atoms with Crippen molar-refractivity contribution in [2.24, 2.45) is 0 Å². The molecule has 0 bridgehead atoms. The van der Waals surface area contributed by atoms with Crippen molar-refractivity contribution in [2.45, 2.75) is 16.9 Å². The number of ether oxygens (including phenoxy) is 1. The summed E-state index contributed by atoms with van der Waals surface area (Å²) in [5, 5.41) is 12.2. The van der Waals surface area contributed by atoms with Gasteiger partial charge in [0.2, 0.25) is 5.89 Å². The van der Waals surface area contributed by atoms with Crippen LogP contribution < -0.4 is 0 Å². The highest BCUT2D eigenvalue weighted by atomic mass is 32.1. The number of H-pyrrole nitrogens is 4. The first-order valence-corrected chi connectivity index (χ1v) is 16.6. The summed E-state index contributed by atoms with van der Waals surface area (Å²) in [4.78, 5) is 25.7. The van der Waals surface area contributed by atoms with E-state index >= 15 is 0 Å².